The molecule has 0 amide bonds. The lowest BCUT2D eigenvalue weighted by Gasteiger charge is -2.24. The highest BCUT2D eigenvalue weighted by Crippen LogP contribution is 2.31. The fourth-order valence-electron chi connectivity index (χ4n) is 2.67. The molecule has 4 nitrogen and oxygen atoms in total. The zero-order valence-corrected chi connectivity index (χ0v) is 13.8. The predicted molar refractivity (Wildman–Crippen MR) is 87.3 cm³/mol. The SMILES string of the molecule is CCNc1nc(N(C)CC2CCN(C)C2)c(Cl)cc1Cl. The maximum atomic E-state index is 6.28. The highest BCUT2D eigenvalue weighted by Gasteiger charge is 2.22. The lowest BCUT2D eigenvalue weighted by atomic mass is 10.1. The summed E-state index contributed by atoms with van der Waals surface area (Å²) in [4.78, 5) is 9.05. The number of pyridine rings is 1. The quantitative estimate of drug-likeness (QED) is 0.904. The van der Waals surface area contributed by atoms with Gasteiger partial charge in [-0.2, -0.15) is 0 Å². The van der Waals surface area contributed by atoms with Gasteiger partial charge in [-0.1, -0.05) is 23.2 Å². The molecule has 1 unspecified atom stereocenters. The van der Waals surface area contributed by atoms with Crippen LogP contribution >= 0.6 is 23.2 Å². The highest BCUT2D eigenvalue weighted by molar-refractivity contribution is 6.37. The largest absolute Gasteiger partial charge is 0.369 e. The Hall–Kier alpha value is -0.710. The first-order valence-corrected chi connectivity index (χ1v) is 7.76. The fraction of sp³-hybridized carbons (Fsp3) is 0.643. The maximum Gasteiger partial charge on any atom is 0.149 e. The standard InChI is InChI=1S/C14H22Cl2N4/c1-4-17-13-11(15)7-12(16)14(18-13)20(3)9-10-5-6-19(2)8-10/h7,10H,4-6,8-9H2,1-3H3,(H,17,18). The summed E-state index contributed by atoms with van der Waals surface area (Å²) in [6.45, 7) is 6.07. The number of hydrogen-bond donors (Lipinski definition) is 1. The number of nitrogens with zero attached hydrogens (tertiary/aromatic N) is 3. The summed E-state index contributed by atoms with van der Waals surface area (Å²) < 4.78 is 0. The van der Waals surface area contributed by atoms with Gasteiger partial charge in [0.05, 0.1) is 10.0 Å². The molecule has 1 aromatic rings. The van der Waals surface area contributed by atoms with Gasteiger partial charge in [-0.15, -0.1) is 0 Å². The van der Waals surface area contributed by atoms with Crippen LogP contribution in [0, 0.1) is 5.92 Å². The minimum absolute atomic E-state index is 0.564. The summed E-state index contributed by atoms with van der Waals surface area (Å²) in [7, 11) is 4.20. The Morgan fingerprint density at radius 1 is 1.45 bits per heavy atom. The van der Waals surface area contributed by atoms with Gasteiger partial charge in [-0.3, -0.25) is 0 Å². The Labute approximate surface area is 131 Å². The Morgan fingerprint density at radius 3 is 2.80 bits per heavy atom. The van der Waals surface area contributed by atoms with Crippen molar-refractivity contribution in [2.45, 2.75) is 13.3 Å². The van der Waals surface area contributed by atoms with Crippen LogP contribution in [0.25, 0.3) is 0 Å². The van der Waals surface area contributed by atoms with Crippen LogP contribution in [0.5, 0.6) is 0 Å². The molecule has 0 saturated carbocycles. The van der Waals surface area contributed by atoms with E-state index in [1.54, 1.807) is 6.07 Å². The van der Waals surface area contributed by atoms with Crippen LogP contribution in [0.3, 0.4) is 0 Å². The predicted octanol–water partition coefficient (Wildman–Crippen LogP) is 3.21. The molecule has 2 heterocycles. The summed E-state index contributed by atoms with van der Waals surface area (Å²) in [5.74, 6) is 2.16. The zero-order chi connectivity index (χ0) is 14.7. The van der Waals surface area contributed by atoms with Gasteiger partial charge in [-0.05, 0) is 38.9 Å². The van der Waals surface area contributed by atoms with Crippen LogP contribution in [0.4, 0.5) is 11.6 Å². The monoisotopic (exact) mass is 316 g/mol. The number of rotatable bonds is 5. The van der Waals surface area contributed by atoms with Crippen molar-refractivity contribution in [1.29, 1.82) is 0 Å². The minimum Gasteiger partial charge on any atom is -0.369 e. The summed E-state index contributed by atoms with van der Waals surface area (Å²) in [6, 6.07) is 1.76. The van der Waals surface area contributed by atoms with Crippen LogP contribution in [-0.4, -0.2) is 50.2 Å². The molecule has 1 atom stereocenters. The third-order valence-corrected chi connectivity index (χ3v) is 4.20. The zero-order valence-electron chi connectivity index (χ0n) is 12.3. The van der Waals surface area contributed by atoms with E-state index in [1.165, 1.54) is 13.0 Å². The van der Waals surface area contributed by atoms with Gasteiger partial charge in [0.1, 0.15) is 11.6 Å². The summed E-state index contributed by atoms with van der Waals surface area (Å²) in [5.41, 5.74) is 0. The van der Waals surface area contributed by atoms with E-state index in [4.69, 9.17) is 23.2 Å². The van der Waals surface area contributed by atoms with Crippen molar-refractivity contribution in [3.63, 3.8) is 0 Å². The summed E-state index contributed by atoms with van der Waals surface area (Å²) in [6.07, 6.45) is 1.23. The van der Waals surface area contributed by atoms with Gasteiger partial charge < -0.3 is 15.1 Å². The Bertz CT molecular complexity index is 467. The van der Waals surface area contributed by atoms with Gasteiger partial charge >= 0.3 is 0 Å². The average Bonchev–Trinajstić information content (AvgIpc) is 2.78. The molecule has 0 aromatic carbocycles. The molecule has 0 radical (unpaired) electrons. The average molecular weight is 317 g/mol. The maximum absolute atomic E-state index is 6.28. The molecule has 112 valence electrons. The van der Waals surface area contributed by atoms with E-state index in [0.29, 0.717) is 21.8 Å². The van der Waals surface area contributed by atoms with Gasteiger partial charge in [-0.25, -0.2) is 4.98 Å². The highest BCUT2D eigenvalue weighted by atomic mass is 35.5. The van der Waals surface area contributed by atoms with Crippen LogP contribution in [0.2, 0.25) is 10.0 Å². The molecule has 2 rings (SSSR count). The Kier molecular flexibility index (Phi) is 5.35. The number of hydrogen-bond acceptors (Lipinski definition) is 4. The second-order valence-corrected chi connectivity index (χ2v) is 6.27. The molecule has 1 aliphatic rings. The van der Waals surface area contributed by atoms with E-state index in [1.807, 2.05) is 14.0 Å². The Balaban J connectivity index is 2.12. The van der Waals surface area contributed by atoms with Crippen LogP contribution in [-0.2, 0) is 0 Å². The smallest absolute Gasteiger partial charge is 0.149 e. The summed E-state index contributed by atoms with van der Waals surface area (Å²) >= 11 is 12.4. The topological polar surface area (TPSA) is 31.4 Å². The Morgan fingerprint density at radius 2 is 2.20 bits per heavy atom. The fourth-order valence-corrected chi connectivity index (χ4v) is 3.23. The van der Waals surface area contributed by atoms with E-state index in [2.05, 4.69) is 27.1 Å². The number of halogens is 2. The lowest BCUT2D eigenvalue weighted by Crippen LogP contribution is -2.28. The summed E-state index contributed by atoms with van der Waals surface area (Å²) in [5, 5.41) is 4.33. The normalized spacial score (nSPS) is 19.4. The third kappa shape index (κ3) is 3.68. The van der Waals surface area contributed by atoms with E-state index >= 15 is 0 Å². The van der Waals surface area contributed by atoms with Crippen LogP contribution in [0.1, 0.15) is 13.3 Å². The van der Waals surface area contributed by atoms with Crippen molar-refractivity contribution in [2.75, 3.05) is 50.5 Å². The molecule has 1 N–H and O–H groups in total. The van der Waals surface area contributed by atoms with Gasteiger partial charge in [0, 0.05) is 26.7 Å². The number of likely N-dealkylation sites (tertiary alicyclic amines) is 1. The van der Waals surface area contributed by atoms with Crippen LogP contribution < -0.4 is 10.2 Å². The van der Waals surface area contributed by atoms with Crippen molar-refractivity contribution < 1.29 is 0 Å². The molecule has 1 saturated heterocycles. The van der Waals surface area contributed by atoms with Gasteiger partial charge in [0.15, 0.2) is 0 Å². The van der Waals surface area contributed by atoms with Crippen LogP contribution in [0.15, 0.2) is 6.07 Å². The van der Waals surface area contributed by atoms with Crippen molar-refractivity contribution in [3.05, 3.63) is 16.1 Å². The molecule has 0 spiro atoms. The lowest BCUT2D eigenvalue weighted by molar-refractivity contribution is 0.395. The third-order valence-electron chi connectivity index (χ3n) is 3.64. The molecule has 1 aromatic heterocycles. The van der Waals surface area contributed by atoms with Gasteiger partial charge in [0.25, 0.3) is 0 Å². The van der Waals surface area contributed by atoms with E-state index < -0.39 is 0 Å². The van der Waals surface area contributed by atoms with E-state index in [9.17, 15) is 0 Å². The van der Waals surface area contributed by atoms with Crippen molar-refractivity contribution in [3.8, 4) is 0 Å². The number of anilines is 2. The number of nitrogens with one attached hydrogen (secondary N) is 1. The second-order valence-electron chi connectivity index (χ2n) is 5.45. The van der Waals surface area contributed by atoms with Gasteiger partial charge in [0.2, 0.25) is 0 Å². The first kappa shape index (κ1) is 15.7. The molecular formula is C14H22Cl2N4. The first-order valence-electron chi connectivity index (χ1n) is 7.00. The van der Waals surface area contributed by atoms with Crippen molar-refractivity contribution >= 4 is 34.8 Å². The molecule has 1 fully saturated rings. The molecular weight excluding hydrogens is 295 g/mol. The molecule has 0 aliphatic carbocycles. The van der Waals surface area contributed by atoms with Crippen molar-refractivity contribution in [1.82, 2.24) is 9.88 Å². The molecule has 6 heteroatoms. The van der Waals surface area contributed by atoms with Crippen molar-refractivity contribution in [2.24, 2.45) is 5.92 Å². The number of aromatic nitrogens is 1. The minimum atomic E-state index is 0.564. The van der Waals surface area contributed by atoms with E-state index in [0.717, 1.165) is 25.5 Å². The van der Waals surface area contributed by atoms with E-state index in [-0.39, 0.29) is 0 Å². The molecule has 0 bridgehead atoms. The first-order chi connectivity index (χ1) is 9.51. The second kappa shape index (κ2) is 6.83. The molecule has 1 aliphatic heterocycles. The molecule has 20 heavy (non-hydrogen) atoms.